The van der Waals surface area contributed by atoms with Gasteiger partial charge >= 0.3 is 0 Å². The van der Waals surface area contributed by atoms with Crippen molar-refractivity contribution in [2.75, 3.05) is 17.7 Å². The highest BCUT2D eigenvalue weighted by Gasteiger charge is 2.20. The van der Waals surface area contributed by atoms with Gasteiger partial charge in [-0.3, -0.25) is 9.36 Å². The number of fused-ring (bicyclic) bond motifs is 1. The molecular weight excluding hydrogens is 472 g/mol. The first-order chi connectivity index (χ1) is 17.6. The quantitative estimate of drug-likeness (QED) is 0.259. The lowest BCUT2D eigenvalue weighted by Crippen LogP contribution is -2.14. The maximum absolute atomic E-state index is 12.7. The Hall–Kier alpha value is -4.30. The van der Waals surface area contributed by atoms with Crippen LogP contribution in [0.4, 0.5) is 5.69 Å². The summed E-state index contributed by atoms with van der Waals surface area (Å²) >= 11 is 1.28. The number of aromatic nitrogens is 3. The third-order valence-corrected chi connectivity index (χ3v) is 6.46. The molecule has 0 atom stereocenters. The SMILES string of the molecule is CCOc1ccc(NC(=O)CSc2nnc(-c3cc4ccccc4cc3O)n2-c2ccccc2)cc1. The maximum Gasteiger partial charge on any atom is 0.234 e. The molecule has 180 valence electrons. The zero-order valence-electron chi connectivity index (χ0n) is 19.6. The van der Waals surface area contributed by atoms with Crippen LogP contribution in [0.25, 0.3) is 27.8 Å². The molecule has 1 aromatic heterocycles. The second kappa shape index (κ2) is 10.5. The fraction of sp³-hybridized carbons (Fsp3) is 0.107. The second-order valence-corrected chi connectivity index (χ2v) is 8.93. The van der Waals surface area contributed by atoms with Gasteiger partial charge in [-0.15, -0.1) is 10.2 Å². The predicted molar refractivity (Wildman–Crippen MR) is 143 cm³/mol. The van der Waals surface area contributed by atoms with Gasteiger partial charge in [-0.05, 0) is 66.2 Å². The third kappa shape index (κ3) is 5.04. The van der Waals surface area contributed by atoms with E-state index < -0.39 is 0 Å². The summed E-state index contributed by atoms with van der Waals surface area (Å²) < 4.78 is 7.30. The molecule has 0 spiro atoms. The van der Waals surface area contributed by atoms with Crippen molar-refractivity contribution < 1.29 is 14.6 Å². The van der Waals surface area contributed by atoms with Crippen LogP contribution in [0.15, 0.2) is 96.2 Å². The number of nitrogens with zero attached hydrogens (tertiary/aromatic N) is 3. The van der Waals surface area contributed by atoms with Crippen molar-refractivity contribution in [1.82, 2.24) is 14.8 Å². The van der Waals surface area contributed by atoms with Crippen molar-refractivity contribution >= 4 is 34.1 Å². The highest BCUT2D eigenvalue weighted by molar-refractivity contribution is 7.99. The number of aromatic hydroxyl groups is 1. The summed E-state index contributed by atoms with van der Waals surface area (Å²) in [6.07, 6.45) is 0. The molecule has 5 aromatic rings. The number of phenolic OH excluding ortho intramolecular Hbond substituents is 1. The van der Waals surface area contributed by atoms with Gasteiger partial charge in [-0.25, -0.2) is 0 Å². The summed E-state index contributed by atoms with van der Waals surface area (Å²) in [5.74, 6) is 1.34. The molecule has 0 radical (unpaired) electrons. The number of carbonyl (C=O) groups is 1. The summed E-state index contributed by atoms with van der Waals surface area (Å²) in [7, 11) is 0. The number of ether oxygens (including phenoxy) is 1. The topological polar surface area (TPSA) is 89.3 Å². The van der Waals surface area contributed by atoms with Crippen molar-refractivity contribution in [3.05, 3.63) is 91.0 Å². The minimum atomic E-state index is -0.165. The van der Waals surface area contributed by atoms with Crippen LogP contribution in [-0.4, -0.2) is 38.1 Å². The van der Waals surface area contributed by atoms with E-state index in [1.54, 1.807) is 18.2 Å². The lowest BCUT2D eigenvalue weighted by Gasteiger charge is -2.12. The molecule has 0 aliphatic heterocycles. The maximum atomic E-state index is 12.7. The van der Waals surface area contributed by atoms with E-state index in [0.717, 1.165) is 22.2 Å². The molecule has 0 unspecified atom stereocenters. The van der Waals surface area contributed by atoms with Crippen LogP contribution in [-0.2, 0) is 4.79 Å². The van der Waals surface area contributed by atoms with Gasteiger partial charge in [-0.2, -0.15) is 0 Å². The normalized spacial score (nSPS) is 10.9. The number of rotatable bonds is 8. The molecule has 2 N–H and O–H groups in total. The molecule has 0 fully saturated rings. The molecule has 1 heterocycles. The predicted octanol–water partition coefficient (Wildman–Crippen LogP) is 5.92. The third-order valence-electron chi connectivity index (χ3n) is 5.53. The standard InChI is InChI=1S/C28H24N4O3S/c1-2-35-23-14-12-21(13-15-23)29-26(34)18-36-28-31-30-27(32(28)22-10-4-3-5-11-22)24-16-19-8-6-7-9-20(19)17-25(24)33/h3-17,33H,2,18H2,1H3,(H,29,34). The molecule has 7 nitrogen and oxygen atoms in total. The summed E-state index contributed by atoms with van der Waals surface area (Å²) in [5.41, 5.74) is 2.09. The molecule has 0 bridgehead atoms. The van der Waals surface area contributed by atoms with Gasteiger partial charge in [-0.1, -0.05) is 54.2 Å². The van der Waals surface area contributed by atoms with Crippen molar-refractivity contribution in [1.29, 1.82) is 0 Å². The molecule has 8 heteroatoms. The zero-order chi connectivity index (χ0) is 24.9. The number of carbonyl (C=O) groups excluding carboxylic acids is 1. The molecule has 0 aliphatic carbocycles. The smallest absolute Gasteiger partial charge is 0.234 e. The fourth-order valence-corrected chi connectivity index (χ4v) is 4.64. The number of para-hydroxylation sites is 1. The average Bonchev–Trinajstić information content (AvgIpc) is 3.32. The number of nitrogens with one attached hydrogen (secondary N) is 1. The van der Waals surface area contributed by atoms with Crippen molar-refractivity contribution in [3.8, 4) is 28.6 Å². The van der Waals surface area contributed by atoms with Crippen molar-refractivity contribution in [2.45, 2.75) is 12.1 Å². The number of phenols is 1. The molecule has 5 rings (SSSR count). The Morgan fingerprint density at radius 2 is 1.64 bits per heavy atom. The van der Waals surface area contributed by atoms with Gasteiger partial charge in [0.25, 0.3) is 0 Å². The molecule has 0 saturated heterocycles. The molecule has 0 saturated carbocycles. The minimum Gasteiger partial charge on any atom is -0.507 e. The van der Waals surface area contributed by atoms with Crippen LogP contribution in [0.2, 0.25) is 0 Å². The Morgan fingerprint density at radius 3 is 2.36 bits per heavy atom. The van der Waals surface area contributed by atoms with E-state index in [0.29, 0.717) is 28.8 Å². The Bertz CT molecular complexity index is 1500. The second-order valence-electron chi connectivity index (χ2n) is 7.99. The summed E-state index contributed by atoms with van der Waals surface area (Å²) in [6, 6.07) is 28.4. The first kappa shape index (κ1) is 23.4. The van der Waals surface area contributed by atoms with Crippen LogP contribution in [0, 0.1) is 0 Å². The summed E-state index contributed by atoms with van der Waals surface area (Å²) in [5, 5.41) is 25.0. The molecule has 0 aliphatic rings. The number of anilines is 1. The highest BCUT2D eigenvalue weighted by atomic mass is 32.2. The molecular formula is C28H24N4O3S. The van der Waals surface area contributed by atoms with Gasteiger partial charge in [0.2, 0.25) is 5.91 Å². The molecule has 1 amide bonds. The van der Waals surface area contributed by atoms with E-state index >= 15 is 0 Å². The van der Waals surface area contributed by atoms with Gasteiger partial charge in [0.15, 0.2) is 11.0 Å². The van der Waals surface area contributed by atoms with E-state index in [2.05, 4.69) is 15.5 Å². The Balaban J connectivity index is 1.42. The lowest BCUT2D eigenvalue weighted by atomic mass is 10.1. The first-order valence-electron chi connectivity index (χ1n) is 11.5. The Kier molecular flexibility index (Phi) is 6.86. The number of benzene rings is 4. The minimum absolute atomic E-state index is 0.114. The first-order valence-corrected chi connectivity index (χ1v) is 12.5. The summed E-state index contributed by atoms with van der Waals surface area (Å²) in [4.78, 5) is 12.7. The van der Waals surface area contributed by atoms with Gasteiger partial charge in [0.1, 0.15) is 11.5 Å². The van der Waals surface area contributed by atoms with Crippen LogP contribution in [0.5, 0.6) is 11.5 Å². The van der Waals surface area contributed by atoms with Crippen molar-refractivity contribution in [2.24, 2.45) is 0 Å². The van der Waals surface area contributed by atoms with E-state index in [1.165, 1.54) is 11.8 Å². The number of amides is 1. The van der Waals surface area contributed by atoms with E-state index in [-0.39, 0.29) is 17.4 Å². The number of hydrogen-bond donors (Lipinski definition) is 2. The zero-order valence-corrected chi connectivity index (χ0v) is 20.4. The average molecular weight is 497 g/mol. The number of hydrogen-bond acceptors (Lipinski definition) is 6. The fourth-order valence-electron chi connectivity index (χ4n) is 3.88. The van der Waals surface area contributed by atoms with Crippen LogP contribution < -0.4 is 10.1 Å². The van der Waals surface area contributed by atoms with Crippen LogP contribution in [0.1, 0.15) is 6.92 Å². The number of thioether (sulfide) groups is 1. The largest absolute Gasteiger partial charge is 0.507 e. The Labute approximate surface area is 212 Å². The van der Waals surface area contributed by atoms with Gasteiger partial charge in [0.05, 0.1) is 17.9 Å². The van der Waals surface area contributed by atoms with Gasteiger partial charge < -0.3 is 15.2 Å². The monoisotopic (exact) mass is 496 g/mol. The van der Waals surface area contributed by atoms with Gasteiger partial charge in [0, 0.05) is 11.4 Å². The van der Waals surface area contributed by atoms with E-state index in [1.807, 2.05) is 84.3 Å². The van der Waals surface area contributed by atoms with E-state index in [4.69, 9.17) is 4.74 Å². The van der Waals surface area contributed by atoms with Crippen LogP contribution >= 0.6 is 11.8 Å². The molecule has 36 heavy (non-hydrogen) atoms. The molecule has 4 aromatic carbocycles. The van der Waals surface area contributed by atoms with Crippen LogP contribution in [0.3, 0.4) is 0 Å². The highest BCUT2D eigenvalue weighted by Crippen LogP contribution is 2.35. The summed E-state index contributed by atoms with van der Waals surface area (Å²) in [6.45, 7) is 2.51. The van der Waals surface area contributed by atoms with E-state index in [9.17, 15) is 9.90 Å². The van der Waals surface area contributed by atoms with Crippen molar-refractivity contribution in [3.63, 3.8) is 0 Å². The lowest BCUT2D eigenvalue weighted by molar-refractivity contribution is -0.113. The Morgan fingerprint density at radius 1 is 0.944 bits per heavy atom.